The number of aliphatic carboxylic acids is 1. The molecule has 1 aromatic carbocycles. The SMILES string of the molecule is CC(C)C[C@H](N)C(=O)[O-].O=C([O-])c1cn(C2CC2)c2cc(N3CCNCC3)c(F)cc2c1=O.[O-2].[V+4]. The number of carboxylic acids is 2. The van der Waals surface area contributed by atoms with Gasteiger partial charge in [-0.2, -0.15) is 0 Å². The first-order chi connectivity index (χ1) is 15.6. The number of halogens is 1. The number of hydrogen-bond donors (Lipinski definition) is 2. The average molecular weight is 527 g/mol. The van der Waals surface area contributed by atoms with Crippen LogP contribution in [0.5, 0.6) is 0 Å². The Hall–Kier alpha value is -2.44. The summed E-state index contributed by atoms with van der Waals surface area (Å²) in [7, 11) is 0. The van der Waals surface area contributed by atoms with Crippen LogP contribution in [0.15, 0.2) is 23.1 Å². The van der Waals surface area contributed by atoms with E-state index < -0.39 is 34.8 Å². The third kappa shape index (κ3) is 7.52. The number of aromatic carboxylic acids is 1. The molecule has 12 heteroatoms. The average Bonchev–Trinajstić information content (AvgIpc) is 3.59. The van der Waals surface area contributed by atoms with E-state index in [0.717, 1.165) is 25.9 Å². The Morgan fingerprint density at radius 3 is 2.26 bits per heavy atom. The van der Waals surface area contributed by atoms with Gasteiger partial charge in [-0.15, -0.1) is 0 Å². The van der Waals surface area contributed by atoms with E-state index in [1.165, 1.54) is 12.3 Å². The van der Waals surface area contributed by atoms with Gasteiger partial charge in [-0.05, 0) is 37.3 Å². The van der Waals surface area contributed by atoms with E-state index in [0.29, 0.717) is 36.6 Å². The molecule has 0 bridgehead atoms. The predicted molar refractivity (Wildman–Crippen MR) is 119 cm³/mol. The van der Waals surface area contributed by atoms with Crippen LogP contribution in [0.25, 0.3) is 10.9 Å². The maximum Gasteiger partial charge on any atom is 4.00 e. The molecule has 1 aliphatic carbocycles. The number of hydrogen-bond acceptors (Lipinski definition) is 8. The van der Waals surface area contributed by atoms with E-state index in [1.54, 1.807) is 10.6 Å². The number of rotatable bonds is 6. The summed E-state index contributed by atoms with van der Waals surface area (Å²) < 4.78 is 16.4. The number of carbonyl (C=O) groups excluding carboxylic acids is 2. The van der Waals surface area contributed by atoms with Crippen LogP contribution in [0.1, 0.15) is 49.5 Å². The van der Waals surface area contributed by atoms with Crippen LogP contribution in [-0.4, -0.2) is 48.7 Å². The van der Waals surface area contributed by atoms with Gasteiger partial charge < -0.3 is 45.8 Å². The molecule has 1 aromatic heterocycles. The number of piperazine rings is 1. The first-order valence-electron chi connectivity index (χ1n) is 11.1. The first-order valence-corrected chi connectivity index (χ1v) is 11.1. The zero-order valence-electron chi connectivity index (χ0n) is 19.7. The van der Waals surface area contributed by atoms with E-state index in [9.17, 15) is 29.0 Å². The molecule has 35 heavy (non-hydrogen) atoms. The minimum Gasteiger partial charge on any atom is -2.00 e. The molecule has 2 aliphatic rings. The number of carbonyl (C=O) groups is 2. The normalized spacial score (nSPS) is 16.0. The Morgan fingerprint density at radius 1 is 1.20 bits per heavy atom. The zero-order chi connectivity index (χ0) is 24.3. The second-order valence-corrected chi connectivity index (χ2v) is 8.91. The number of pyridine rings is 1. The molecule has 0 spiro atoms. The standard InChI is InChI=1S/C17H18FN3O3.C6H13NO2.O.V/c18-13-7-11-14(8-15(13)20-5-3-19-4-6-20)21(10-1-2-10)9-12(16(11)22)17(23)24;1-4(2)3-5(7)6(8)9;;/h7-10,19H,1-6H2,(H,23,24);4-5H,3,7H2,1-2H3,(H,8,9);;/q;;-2;+4/p-2/t;5-;;/m.0../s1. The molecule has 3 N–H and O–H groups in total. The Balaban J connectivity index is 0.000000483. The minimum absolute atomic E-state index is 0. The van der Waals surface area contributed by atoms with Crippen molar-refractivity contribution in [1.29, 1.82) is 0 Å². The van der Waals surface area contributed by atoms with Crippen molar-refractivity contribution in [2.24, 2.45) is 11.7 Å². The van der Waals surface area contributed by atoms with Crippen molar-refractivity contribution in [3.05, 3.63) is 39.9 Å². The third-order valence-electron chi connectivity index (χ3n) is 5.75. The molecular weight excluding hydrogens is 498 g/mol. The maximum absolute atomic E-state index is 14.6. The number of anilines is 1. The fourth-order valence-corrected chi connectivity index (χ4v) is 3.91. The van der Waals surface area contributed by atoms with Crippen LogP contribution in [0.4, 0.5) is 10.1 Å². The number of carboxylic acid groups (broad SMARTS) is 2. The second-order valence-electron chi connectivity index (χ2n) is 8.91. The van der Waals surface area contributed by atoms with Crippen molar-refractivity contribution in [3.63, 3.8) is 0 Å². The van der Waals surface area contributed by atoms with Crippen molar-refractivity contribution in [2.45, 2.75) is 45.2 Å². The summed E-state index contributed by atoms with van der Waals surface area (Å²) in [5.41, 5.74) is 5.10. The Labute approximate surface area is 214 Å². The molecule has 10 nitrogen and oxygen atoms in total. The number of nitrogens with zero attached hydrogens (tertiary/aromatic N) is 2. The van der Waals surface area contributed by atoms with Gasteiger partial charge in [-0.3, -0.25) is 4.79 Å². The van der Waals surface area contributed by atoms with Crippen molar-refractivity contribution in [3.8, 4) is 0 Å². The summed E-state index contributed by atoms with van der Waals surface area (Å²) in [5, 5.41) is 24.5. The molecule has 1 radical (unpaired) electrons. The van der Waals surface area contributed by atoms with Crippen LogP contribution < -0.4 is 31.6 Å². The Bertz CT molecular complexity index is 1100. The molecule has 189 valence electrons. The fourth-order valence-electron chi connectivity index (χ4n) is 3.91. The molecule has 1 atom stereocenters. The van der Waals surface area contributed by atoms with Crippen molar-refractivity contribution in [1.82, 2.24) is 9.88 Å². The molecule has 0 amide bonds. The number of nitrogens with two attached hydrogens (primary N) is 1. The maximum atomic E-state index is 14.6. The second kappa shape index (κ2) is 13.0. The smallest absolute Gasteiger partial charge is 2.00 e. The van der Waals surface area contributed by atoms with Gasteiger partial charge in [0, 0.05) is 49.8 Å². The molecule has 1 saturated carbocycles. The molecule has 0 unspecified atom stereocenters. The number of aromatic nitrogens is 1. The van der Waals surface area contributed by atoms with Crippen LogP contribution in [0.3, 0.4) is 0 Å². The molecular formula is C23H29FN4O6V. The van der Waals surface area contributed by atoms with Crippen LogP contribution >= 0.6 is 0 Å². The van der Waals surface area contributed by atoms with E-state index in [2.05, 4.69) is 5.32 Å². The molecule has 4 rings (SSSR count). The van der Waals surface area contributed by atoms with Gasteiger partial charge in [0.1, 0.15) is 5.82 Å². The van der Waals surface area contributed by atoms with Crippen LogP contribution in [0.2, 0.25) is 0 Å². The largest absolute Gasteiger partial charge is 4.00 e. The van der Waals surface area contributed by atoms with Crippen LogP contribution in [0, 0.1) is 11.7 Å². The summed E-state index contributed by atoms with van der Waals surface area (Å²) in [6, 6.07) is 2.20. The Morgan fingerprint density at radius 2 is 1.80 bits per heavy atom. The molecule has 1 saturated heterocycles. The van der Waals surface area contributed by atoms with Gasteiger partial charge >= 0.3 is 18.6 Å². The zero-order valence-corrected chi connectivity index (χ0v) is 21.1. The van der Waals surface area contributed by atoms with E-state index in [1.807, 2.05) is 18.7 Å². The van der Waals surface area contributed by atoms with E-state index >= 15 is 0 Å². The molecule has 2 aromatic rings. The summed E-state index contributed by atoms with van der Waals surface area (Å²) >= 11 is 0. The third-order valence-corrected chi connectivity index (χ3v) is 5.75. The van der Waals surface area contributed by atoms with Gasteiger partial charge in [0.25, 0.3) is 0 Å². The Kier molecular flexibility index (Phi) is 11.4. The van der Waals surface area contributed by atoms with Crippen molar-refractivity contribution in [2.75, 3.05) is 31.1 Å². The number of nitrogens with one attached hydrogen (secondary N) is 1. The summed E-state index contributed by atoms with van der Waals surface area (Å²) in [4.78, 5) is 35.5. The monoisotopic (exact) mass is 527 g/mol. The summed E-state index contributed by atoms with van der Waals surface area (Å²) in [5.74, 6) is -2.87. The van der Waals surface area contributed by atoms with Crippen LogP contribution in [-0.2, 0) is 28.8 Å². The minimum atomic E-state index is -1.53. The van der Waals surface area contributed by atoms with Crippen molar-refractivity contribution >= 4 is 28.5 Å². The number of fused-ring (bicyclic) bond motifs is 1. The predicted octanol–water partition coefficient (Wildman–Crippen LogP) is -0.763. The van der Waals surface area contributed by atoms with Crippen molar-refractivity contribution < 1.29 is 48.2 Å². The van der Waals surface area contributed by atoms with Gasteiger partial charge in [-0.1, -0.05) is 13.8 Å². The van der Waals surface area contributed by atoms with E-state index in [-0.39, 0.29) is 35.5 Å². The van der Waals surface area contributed by atoms with E-state index in [4.69, 9.17) is 5.73 Å². The fraction of sp³-hybridized carbons (Fsp3) is 0.522. The van der Waals surface area contributed by atoms with Gasteiger partial charge in [0.15, 0.2) is 5.43 Å². The molecule has 2 fully saturated rings. The first kappa shape index (κ1) is 30.6. The van der Waals surface area contributed by atoms with Gasteiger partial charge in [0.05, 0.1) is 28.7 Å². The van der Waals surface area contributed by atoms with Gasteiger partial charge in [0.2, 0.25) is 0 Å². The topological polar surface area (TPSA) is 172 Å². The summed E-state index contributed by atoms with van der Waals surface area (Å²) in [6.45, 7) is 6.76. The molecule has 2 heterocycles. The number of benzene rings is 1. The van der Waals surface area contributed by atoms with Gasteiger partial charge in [-0.25, -0.2) is 4.39 Å². The molecule has 1 aliphatic heterocycles. The quantitative estimate of drug-likeness (QED) is 0.493. The summed E-state index contributed by atoms with van der Waals surface area (Å²) in [6.07, 6.45) is 3.68.